The zero-order valence-electron chi connectivity index (χ0n) is 17.2. The lowest BCUT2D eigenvalue weighted by molar-refractivity contribution is 0.0991. The number of carbonyl (C=O) groups excluding carboxylic acids is 1. The van der Waals surface area contributed by atoms with Crippen LogP contribution >= 0.6 is 34.8 Å². The monoisotopic (exact) mass is 547 g/mol. The van der Waals surface area contributed by atoms with Crippen molar-refractivity contribution in [3.8, 4) is 5.75 Å². The van der Waals surface area contributed by atoms with Crippen LogP contribution in [-0.2, 0) is 13.2 Å². The van der Waals surface area contributed by atoms with Crippen LogP contribution in [0.3, 0.4) is 0 Å². The molecule has 182 valence electrons. The standard InChI is InChI=1S/C22H12Cl3F4N3O3/c23-12-3-1-10(5-13(12)24)7-32-8-14(25)21(31-32)30-22(33)17-4-2-11(35-17)9-34-20-18(28)15(26)6-16(27)19(20)29/h1-6,8H,7,9H2,(H,30,31,33). The van der Waals surface area contributed by atoms with E-state index in [1.165, 1.54) is 23.0 Å². The fourth-order valence-electron chi connectivity index (χ4n) is 2.96. The molecule has 0 aliphatic rings. The molecule has 0 fully saturated rings. The van der Waals surface area contributed by atoms with Gasteiger partial charge in [0, 0.05) is 12.3 Å². The van der Waals surface area contributed by atoms with Gasteiger partial charge < -0.3 is 14.5 Å². The molecule has 0 saturated carbocycles. The van der Waals surface area contributed by atoms with Gasteiger partial charge in [0.1, 0.15) is 17.4 Å². The van der Waals surface area contributed by atoms with Crippen molar-refractivity contribution in [2.75, 3.05) is 5.32 Å². The fourth-order valence-corrected chi connectivity index (χ4v) is 3.47. The zero-order chi connectivity index (χ0) is 25.3. The SMILES string of the molecule is O=C(Nc1nn(Cc2ccc(Cl)c(Cl)c2)cc1Cl)c1ccc(COc2c(F)c(F)cc(F)c2F)o1. The van der Waals surface area contributed by atoms with Gasteiger partial charge in [0.15, 0.2) is 29.0 Å². The van der Waals surface area contributed by atoms with Crippen LogP contribution in [0.15, 0.2) is 47.0 Å². The van der Waals surface area contributed by atoms with Crippen molar-refractivity contribution in [3.63, 3.8) is 0 Å². The summed E-state index contributed by atoms with van der Waals surface area (Å²) in [6.45, 7) is -0.314. The number of hydrogen-bond acceptors (Lipinski definition) is 4. The van der Waals surface area contributed by atoms with Crippen molar-refractivity contribution in [2.24, 2.45) is 0 Å². The molecule has 35 heavy (non-hydrogen) atoms. The van der Waals surface area contributed by atoms with Crippen LogP contribution in [0.1, 0.15) is 21.9 Å². The van der Waals surface area contributed by atoms with Crippen LogP contribution in [-0.4, -0.2) is 15.7 Å². The van der Waals surface area contributed by atoms with E-state index >= 15 is 0 Å². The molecule has 2 heterocycles. The van der Waals surface area contributed by atoms with E-state index < -0.39 is 41.5 Å². The summed E-state index contributed by atoms with van der Waals surface area (Å²) in [6.07, 6.45) is 1.49. The average Bonchev–Trinajstić information content (AvgIpc) is 3.41. The number of halogens is 7. The number of aromatic nitrogens is 2. The highest BCUT2D eigenvalue weighted by molar-refractivity contribution is 6.42. The maximum absolute atomic E-state index is 13.7. The van der Waals surface area contributed by atoms with Gasteiger partial charge in [0.05, 0.1) is 16.6 Å². The molecule has 0 atom stereocenters. The zero-order valence-corrected chi connectivity index (χ0v) is 19.5. The molecule has 2 aromatic heterocycles. The third-order valence-electron chi connectivity index (χ3n) is 4.59. The Morgan fingerprint density at radius 2 is 1.69 bits per heavy atom. The fraction of sp³-hybridized carbons (Fsp3) is 0.0909. The van der Waals surface area contributed by atoms with Crippen LogP contribution in [0.2, 0.25) is 15.1 Å². The number of ether oxygens (including phenoxy) is 1. The van der Waals surface area contributed by atoms with Gasteiger partial charge in [-0.25, -0.2) is 8.78 Å². The van der Waals surface area contributed by atoms with Gasteiger partial charge in [-0.05, 0) is 29.8 Å². The Morgan fingerprint density at radius 1 is 0.971 bits per heavy atom. The number of hydrogen-bond donors (Lipinski definition) is 1. The van der Waals surface area contributed by atoms with E-state index in [0.717, 1.165) is 5.56 Å². The van der Waals surface area contributed by atoms with Crippen LogP contribution in [0.4, 0.5) is 23.4 Å². The number of carbonyl (C=O) groups is 1. The highest BCUT2D eigenvalue weighted by Crippen LogP contribution is 2.28. The highest BCUT2D eigenvalue weighted by Gasteiger charge is 2.22. The second-order valence-corrected chi connectivity index (χ2v) is 8.30. The Morgan fingerprint density at radius 3 is 2.37 bits per heavy atom. The summed E-state index contributed by atoms with van der Waals surface area (Å²) < 4.78 is 65.5. The van der Waals surface area contributed by atoms with E-state index in [0.29, 0.717) is 16.6 Å². The topological polar surface area (TPSA) is 69.3 Å². The quantitative estimate of drug-likeness (QED) is 0.202. The van der Waals surface area contributed by atoms with E-state index in [-0.39, 0.29) is 28.4 Å². The van der Waals surface area contributed by atoms with Gasteiger partial charge in [0.2, 0.25) is 11.6 Å². The molecule has 4 aromatic rings. The largest absolute Gasteiger partial charge is 0.479 e. The predicted molar refractivity (Wildman–Crippen MR) is 120 cm³/mol. The van der Waals surface area contributed by atoms with Crippen LogP contribution in [0, 0.1) is 23.3 Å². The molecular weight excluding hydrogens is 537 g/mol. The molecule has 0 unspecified atom stereocenters. The number of furan rings is 1. The number of anilines is 1. The normalized spacial score (nSPS) is 11.1. The van der Waals surface area contributed by atoms with Crippen molar-refractivity contribution in [3.05, 3.63) is 98.0 Å². The molecule has 6 nitrogen and oxygen atoms in total. The molecular formula is C22H12Cl3F4N3O3. The van der Waals surface area contributed by atoms with E-state index in [1.54, 1.807) is 18.2 Å². The van der Waals surface area contributed by atoms with Gasteiger partial charge >= 0.3 is 0 Å². The number of amides is 1. The third-order valence-corrected chi connectivity index (χ3v) is 5.61. The predicted octanol–water partition coefficient (Wildman–Crippen LogP) is 6.87. The maximum Gasteiger partial charge on any atom is 0.292 e. The van der Waals surface area contributed by atoms with Gasteiger partial charge in [-0.3, -0.25) is 9.48 Å². The number of nitrogens with one attached hydrogen (secondary N) is 1. The van der Waals surface area contributed by atoms with Gasteiger partial charge in [-0.15, -0.1) is 0 Å². The minimum Gasteiger partial charge on any atom is -0.479 e. The van der Waals surface area contributed by atoms with Crippen molar-refractivity contribution < 1.29 is 31.5 Å². The minimum atomic E-state index is -1.69. The van der Waals surface area contributed by atoms with E-state index in [4.69, 9.17) is 44.0 Å². The van der Waals surface area contributed by atoms with E-state index in [9.17, 15) is 22.4 Å². The van der Waals surface area contributed by atoms with Crippen LogP contribution < -0.4 is 10.1 Å². The first-order valence-corrected chi connectivity index (χ1v) is 10.8. The third kappa shape index (κ3) is 5.55. The Bertz CT molecular complexity index is 1400. The van der Waals surface area contributed by atoms with E-state index in [2.05, 4.69) is 10.4 Å². The Kier molecular flexibility index (Phi) is 7.25. The van der Waals surface area contributed by atoms with Gasteiger partial charge in [-0.2, -0.15) is 13.9 Å². The Hall–Kier alpha value is -3.21. The van der Waals surface area contributed by atoms with Crippen molar-refractivity contribution >= 4 is 46.5 Å². The smallest absolute Gasteiger partial charge is 0.292 e. The maximum atomic E-state index is 13.7. The van der Waals surface area contributed by atoms with Crippen molar-refractivity contribution in [1.82, 2.24) is 9.78 Å². The first-order chi connectivity index (χ1) is 16.6. The molecule has 4 rings (SSSR count). The molecule has 0 spiro atoms. The molecule has 1 amide bonds. The summed E-state index contributed by atoms with van der Waals surface area (Å²) in [5.41, 5.74) is 0.790. The van der Waals surface area contributed by atoms with Crippen LogP contribution in [0.25, 0.3) is 0 Å². The summed E-state index contributed by atoms with van der Waals surface area (Å²) >= 11 is 18.1. The lowest BCUT2D eigenvalue weighted by atomic mass is 10.2. The number of rotatable bonds is 7. The summed E-state index contributed by atoms with van der Waals surface area (Å²) in [5, 5.41) is 7.60. The second-order valence-electron chi connectivity index (χ2n) is 7.08. The summed E-state index contributed by atoms with van der Waals surface area (Å²) in [6, 6.07) is 7.66. The lowest BCUT2D eigenvalue weighted by Crippen LogP contribution is -2.12. The van der Waals surface area contributed by atoms with Crippen LogP contribution in [0.5, 0.6) is 5.75 Å². The Balaban J connectivity index is 1.41. The van der Waals surface area contributed by atoms with Crippen molar-refractivity contribution in [1.29, 1.82) is 0 Å². The molecule has 0 bridgehead atoms. The number of nitrogens with zero attached hydrogens (tertiary/aromatic N) is 2. The summed E-state index contributed by atoms with van der Waals surface area (Å²) in [4.78, 5) is 12.5. The molecule has 0 saturated heterocycles. The van der Waals surface area contributed by atoms with Gasteiger partial charge in [0.25, 0.3) is 5.91 Å². The first-order valence-electron chi connectivity index (χ1n) is 9.65. The number of benzene rings is 2. The summed E-state index contributed by atoms with van der Waals surface area (Å²) in [7, 11) is 0. The van der Waals surface area contributed by atoms with Crippen molar-refractivity contribution in [2.45, 2.75) is 13.2 Å². The first kappa shape index (κ1) is 24.9. The molecule has 0 aliphatic carbocycles. The highest BCUT2D eigenvalue weighted by atomic mass is 35.5. The minimum absolute atomic E-state index is 0.0464. The summed E-state index contributed by atoms with van der Waals surface area (Å²) in [5.74, 6) is -8.80. The second kappa shape index (κ2) is 10.2. The lowest BCUT2D eigenvalue weighted by Gasteiger charge is -2.08. The van der Waals surface area contributed by atoms with E-state index in [1.807, 2.05) is 0 Å². The molecule has 2 aromatic carbocycles. The molecule has 13 heteroatoms. The molecule has 0 radical (unpaired) electrons. The Labute approximate surface area is 209 Å². The average molecular weight is 549 g/mol. The molecule has 0 aliphatic heterocycles. The van der Waals surface area contributed by atoms with Gasteiger partial charge in [-0.1, -0.05) is 40.9 Å². The molecule has 1 N–H and O–H groups in total.